The first kappa shape index (κ1) is 15.5. The zero-order valence-electron chi connectivity index (χ0n) is 13.6. The summed E-state index contributed by atoms with van der Waals surface area (Å²) < 4.78 is 0. The van der Waals surface area contributed by atoms with Crippen LogP contribution in [0.3, 0.4) is 0 Å². The molecule has 1 aliphatic heterocycles. The first-order valence-corrected chi connectivity index (χ1v) is 7.98. The predicted octanol–water partition coefficient (Wildman–Crippen LogP) is 2.58. The van der Waals surface area contributed by atoms with Crippen molar-refractivity contribution in [1.82, 2.24) is 14.9 Å². The van der Waals surface area contributed by atoms with Crippen LogP contribution in [0.15, 0.2) is 42.9 Å². The van der Waals surface area contributed by atoms with Crippen molar-refractivity contribution in [2.45, 2.75) is 25.8 Å². The van der Waals surface area contributed by atoms with Gasteiger partial charge in [0.25, 0.3) is 0 Å². The second-order valence-corrected chi connectivity index (χ2v) is 6.08. The van der Waals surface area contributed by atoms with Crippen LogP contribution in [0.2, 0.25) is 0 Å². The molecule has 1 atom stereocenters. The average Bonchev–Trinajstić information content (AvgIpc) is 3.05. The standard InChI is InChI=1S/C18H22N4O/c1-14-5-3-6-15(11-14)16-7-4-10-22(16)18(23)13-21(2)17-12-19-8-9-20-17/h3,5-6,8-9,11-12,16H,4,7,10,13H2,1-2H3/t16-/m1/s1. The molecule has 0 bridgehead atoms. The van der Waals surface area contributed by atoms with Crippen LogP contribution < -0.4 is 4.90 Å². The fraction of sp³-hybridized carbons (Fsp3) is 0.389. The number of aryl methyl sites for hydroxylation is 1. The minimum atomic E-state index is 0.141. The lowest BCUT2D eigenvalue weighted by Gasteiger charge is -2.28. The summed E-state index contributed by atoms with van der Waals surface area (Å²) in [7, 11) is 1.87. The van der Waals surface area contributed by atoms with E-state index in [4.69, 9.17) is 0 Å². The van der Waals surface area contributed by atoms with Crippen molar-refractivity contribution in [3.8, 4) is 0 Å². The van der Waals surface area contributed by atoms with E-state index in [-0.39, 0.29) is 11.9 Å². The van der Waals surface area contributed by atoms with Gasteiger partial charge in [0, 0.05) is 26.0 Å². The lowest BCUT2D eigenvalue weighted by atomic mass is 10.0. The first-order chi connectivity index (χ1) is 11.1. The van der Waals surface area contributed by atoms with Crippen LogP contribution in [0.25, 0.3) is 0 Å². The third kappa shape index (κ3) is 3.50. The van der Waals surface area contributed by atoms with Crippen LogP contribution in [0.1, 0.15) is 30.0 Å². The number of rotatable bonds is 4. The molecule has 0 unspecified atom stereocenters. The molecule has 0 radical (unpaired) electrons. The normalized spacial score (nSPS) is 17.3. The summed E-state index contributed by atoms with van der Waals surface area (Å²) in [6.07, 6.45) is 7.04. The number of hydrogen-bond acceptors (Lipinski definition) is 4. The Kier molecular flexibility index (Phi) is 4.55. The van der Waals surface area contributed by atoms with E-state index < -0.39 is 0 Å². The van der Waals surface area contributed by atoms with E-state index in [2.05, 4.69) is 41.2 Å². The quantitative estimate of drug-likeness (QED) is 0.871. The molecule has 0 N–H and O–H groups in total. The molecule has 2 aromatic rings. The number of anilines is 1. The van der Waals surface area contributed by atoms with E-state index in [1.807, 2.05) is 16.8 Å². The Morgan fingerprint density at radius 2 is 2.26 bits per heavy atom. The van der Waals surface area contributed by atoms with Crippen molar-refractivity contribution in [2.75, 3.05) is 25.0 Å². The van der Waals surface area contributed by atoms with Crippen molar-refractivity contribution in [3.05, 3.63) is 54.0 Å². The predicted molar refractivity (Wildman–Crippen MR) is 90.2 cm³/mol. The molecule has 0 spiro atoms. The number of carbonyl (C=O) groups is 1. The number of likely N-dealkylation sites (N-methyl/N-ethyl adjacent to an activating group) is 1. The number of benzene rings is 1. The summed E-state index contributed by atoms with van der Waals surface area (Å²) >= 11 is 0. The van der Waals surface area contributed by atoms with Gasteiger partial charge in [-0.15, -0.1) is 0 Å². The molecule has 1 saturated heterocycles. The van der Waals surface area contributed by atoms with Crippen molar-refractivity contribution in [3.63, 3.8) is 0 Å². The average molecular weight is 310 g/mol. The molecule has 0 aliphatic carbocycles. The highest BCUT2D eigenvalue weighted by Crippen LogP contribution is 2.32. The van der Waals surface area contributed by atoms with Crippen molar-refractivity contribution < 1.29 is 4.79 Å². The molecule has 1 amide bonds. The maximum absolute atomic E-state index is 12.7. The maximum Gasteiger partial charge on any atom is 0.242 e. The lowest BCUT2D eigenvalue weighted by Crippen LogP contribution is -2.39. The topological polar surface area (TPSA) is 49.3 Å². The van der Waals surface area contributed by atoms with Gasteiger partial charge in [0.2, 0.25) is 5.91 Å². The number of hydrogen-bond donors (Lipinski definition) is 0. The van der Waals surface area contributed by atoms with Gasteiger partial charge in [0.1, 0.15) is 5.82 Å². The van der Waals surface area contributed by atoms with E-state index in [1.54, 1.807) is 18.6 Å². The molecule has 5 heteroatoms. The van der Waals surface area contributed by atoms with Gasteiger partial charge in [-0.3, -0.25) is 9.78 Å². The molecule has 23 heavy (non-hydrogen) atoms. The van der Waals surface area contributed by atoms with E-state index in [0.717, 1.165) is 19.4 Å². The molecule has 0 saturated carbocycles. The Bertz CT molecular complexity index is 674. The fourth-order valence-electron chi connectivity index (χ4n) is 3.15. The first-order valence-electron chi connectivity index (χ1n) is 7.98. The number of aromatic nitrogens is 2. The van der Waals surface area contributed by atoms with Crippen LogP contribution in [-0.2, 0) is 4.79 Å². The van der Waals surface area contributed by atoms with Crippen LogP contribution >= 0.6 is 0 Å². The Morgan fingerprint density at radius 3 is 3.00 bits per heavy atom. The van der Waals surface area contributed by atoms with Crippen LogP contribution in [0, 0.1) is 6.92 Å². The van der Waals surface area contributed by atoms with Crippen molar-refractivity contribution in [2.24, 2.45) is 0 Å². The number of nitrogens with zero attached hydrogens (tertiary/aromatic N) is 4. The van der Waals surface area contributed by atoms with Crippen molar-refractivity contribution >= 4 is 11.7 Å². The third-order valence-electron chi connectivity index (χ3n) is 4.31. The molecular formula is C18H22N4O. The Morgan fingerprint density at radius 1 is 1.39 bits per heavy atom. The molecular weight excluding hydrogens is 288 g/mol. The second-order valence-electron chi connectivity index (χ2n) is 6.08. The minimum absolute atomic E-state index is 0.141. The van der Waals surface area contributed by atoms with Gasteiger partial charge in [-0.1, -0.05) is 29.8 Å². The highest BCUT2D eigenvalue weighted by Gasteiger charge is 2.30. The summed E-state index contributed by atoms with van der Waals surface area (Å²) in [6, 6.07) is 8.65. The van der Waals surface area contributed by atoms with Crippen LogP contribution in [-0.4, -0.2) is 40.9 Å². The van der Waals surface area contributed by atoms with Gasteiger partial charge in [0.05, 0.1) is 18.8 Å². The number of carbonyl (C=O) groups excluding carboxylic acids is 1. The Hall–Kier alpha value is -2.43. The zero-order valence-corrected chi connectivity index (χ0v) is 13.6. The third-order valence-corrected chi connectivity index (χ3v) is 4.31. The monoisotopic (exact) mass is 310 g/mol. The van der Waals surface area contributed by atoms with E-state index >= 15 is 0 Å². The lowest BCUT2D eigenvalue weighted by molar-refractivity contribution is -0.130. The largest absolute Gasteiger partial charge is 0.349 e. The molecule has 1 fully saturated rings. The summed E-state index contributed by atoms with van der Waals surface area (Å²) in [5, 5.41) is 0. The van der Waals surface area contributed by atoms with E-state index in [1.165, 1.54) is 11.1 Å². The van der Waals surface area contributed by atoms with Gasteiger partial charge in [-0.05, 0) is 25.3 Å². The highest BCUT2D eigenvalue weighted by atomic mass is 16.2. The van der Waals surface area contributed by atoms with Gasteiger partial charge < -0.3 is 9.80 Å². The summed E-state index contributed by atoms with van der Waals surface area (Å²) in [5.41, 5.74) is 2.47. The molecule has 1 aromatic heterocycles. The fourth-order valence-corrected chi connectivity index (χ4v) is 3.15. The van der Waals surface area contributed by atoms with E-state index in [9.17, 15) is 4.79 Å². The zero-order chi connectivity index (χ0) is 16.2. The van der Waals surface area contributed by atoms with Gasteiger partial charge in [-0.25, -0.2) is 4.98 Å². The Balaban J connectivity index is 1.71. The van der Waals surface area contributed by atoms with Gasteiger partial charge in [0.15, 0.2) is 0 Å². The molecule has 2 heterocycles. The van der Waals surface area contributed by atoms with Gasteiger partial charge >= 0.3 is 0 Å². The van der Waals surface area contributed by atoms with Crippen molar-refractivity contribution in [1.29, 1.82) is 0 Å². The molecule has 120 valence electrons. The molecule has 1 aliphatic rings. The maximum atomic E-state index is 12.7. The molecule has 5 nitrogen and oxygen atoms in total. The van der Waals surface area contributed by atoms with Gasteiger partial charge in [-0.2, -0.15) is 0 Å². The Labute approximate surface area is 137 Å². The van der Waals surface area contributed by atoms with Crippen LogP contribution in [0.4, 0.5) is 5.82 Å². The number of likely N-dealkylation sites (tertiary alicyclic amines) is 1. The number of amides is 1. The van der Waals surface area contributed by atoms with Crippen LogP contribution in [0.5, 0.6) is 0 Å². The SMILES string of the molecule is Cc1cccc([C@H]2CCCN2C(=O)CN(C)c2cnccn2)c1. The minimum Gasteiger partial charge on any atom is -0.349 e. The molecule has 3 rings (SSSR count). The summed E-state index contributed by atoms with van der Waals surface area (Å²) in [6.45, 7) is 3.24. The second kappa shape index (κ2) is 6.77. The van der Waals surface area contributed by atoms with E-state index in [0.29, 0.717) is 12.4 Å². The highest BCUT2D eigenvalue weighted by molar-refractivity contribution is 5.81. The summed E-state index contributed by atoms with van der Waals surface area (Å²) in [4.78, 5) is 24.9. The summed E-state index contributed by atoms with van der Waals surface area (Å²) in [5.74, 6) is 0.856. The molecule has 1 aromatic carbocycles. The smallest absolute Gasteiger partial charge is 0.242 e.